The van der Waals surface area contributed by atoms with E-state index in [1.165, 1.54) is 0 Å². The first-order chi connectivity index (χ1) is 11.5. The molecular formula is C17H29N3O4. The molecule has 2 aliphatic rings. The zero-order valence-electron chi connectivity index (χ0n) is 14.3. The Kier molecular flexibility index (Phi) is 7.49. The monoisotopic (exact) mass is 339 g/mol. The van der Waals surface area contributed by atoms with Gasteiger partial charge in [0.05, 0.1) is 0 Å². The Hall–Kier alpha value is -1.63. The van der Waals surface area contributed by atoms with Gasteiger partial charge in [-0.1, -0.05) is 0 Å². The number of aliphatic carboxylic acids is 1. The van der Waals surface area contributed by atoms with Crippen LogP contribution in [-0.4, -0.2) is 60.5 Å². The highest BCUT2D eigenvalue weighted by atomic mass is 16.4. The fraction of sp³-hybridized carbons (Fsp3) is 0.824. The molecule has 0 spiro atoms. The topological polar surface area (TPSA) is 98.7 Å². The van der Waals surface area contributed by atoms with Crippen molar-refractivity contribution < 1.29 is 19.5 Å². The van der Waals surface area contributed by atoms with Gasteiger partial charge in [0.2, 0.25) is 11.8 Å². The molecule has 7 heteroatoms. The average Bonchev–Trinajstić information content (AvgIpc) is 2.59. The van der Waals surface area contributed by atoms with E-state index in [0.717, 1.165) is 51.7 Å². The predicted octanol–water partition coefficient (Wildman–Crippen LogP) is 0.596. The van der Waals surface area contributed by atoms with Crippen LogP contribution in [0, 0.1) is 11.8 Å². The Morgan fingerprint density at radius 3 is 2.58 bits per heavy atom. The van der Waals surface area contributed by atoms with E-state index in [0.29, 0.717) is 25.3 Å². The summed E-state index contributed by atoms with van der Waals surface area (Å²) in [7, 11) is 0. The molecule has 2 saturated heterocycles. The minimum Gasteiger partial charge on any atom is -0.480 e. The van der Waals surface area contributed by atoms with Crippen LogP contribution in [0.3, 0.4) is 0 Å². The Labute approximate surface area is 143 Å². The van der Waals surface area contributed by atoms with Crippen LogP contribution in [0.25, 0.3) is 0 Å². The average molecular weight is 339 g/mol. The molecule has 24 heavy (non-hydrogen) atoms. The van der Waals surface area contributed by atoms with Crippen LogP contribution in [0.4, 0.5) is 0 Å². The van der Waals surface area contributed by atoms with Crippen molar-refractivity contribution in [2.24, 2.45) is 11.8 Å². The van der Waals surface area contributed by atoms with Gasteiger partial charge in [0.15, 0.2) is 0 Å². The molecule has 0 saturated carbocycles. The predicted molar refractivity (Wildman–Crippen MR) is 89.4 cm³/mol. The Balaban J connectivity index is 1.70. The van der Waals surface area contributed by atoms with E-state index in [4.69, 9.17) is 5.11 Å². The number of likely N-dealkylation sites (tertiary alicyclic amines) is 1. The summed E-state index contributed by atoms with van der Waals surface area (Å²) in [5.74, 6) is -0.301. The van der Waals surface area contributed by atoms with Crippen molar-refractivity contribution in [2.75, 3.05) is 32.7 Å². The van der Waals surface area contributed by atoms with Gasteiger partial charge >= 0.3 is 5.97 Å². The molecule has 1 unspecified atom stereocenters. The number of carboxylic acids is 1. The number of rotatable bonds is 7. The molecule has 0 aliphatic carbocycles. The molecule has 2 heterocycles. The third kappa shape index (κ3) is 6.47. The highest BCUT2D eigenvalue weighted by Gasteiger charge is 2.26. The second-order valence-corrected chi connectivity index (χ2v) is 6.95. The van der Waals surface area contributed by atoms with Gasteiger partial charge in [-0.05, 0) is 57.0 Å². The first-order valence-electron chi connectivity index (χ1n) is 9.01. The summed E-state index contributed by atoms with van der Waals surface area (Å²) in [5, 5.41) is 14.3. The van der Waals surface area contributed by atoms with Crippen molar-refractivity contribution in [2.45, 2.75) is 44.9 Å². The highest BCUT2D eigenvalue weighted by Crippen LogP contribution is 2.22. The molecule has 136 valence electrons. The lowest BCUT2D eigenvalue weighted by atomic mass is 9.91. The molecule has 0 aromatic rings. The van der Waals surface area contributed by atoms with E-state index < -0.39 is 5.97 Å². The van der Waals surface area contributed by atoms with Crippen LogP contribution in [0.5, 0.6) is 0 Å². The number of nitrogens with zero attached hydrogens (tertiary/aromatic N) is 1. The zero-order chi connectivity index (χ0) is 17.4. The van der Waals surface area contributed by atoms with Gasteiger partial charge in [0.1, 0.15) is 6.54 Å². The summed E-state index contributed by atoms with van der Waals surface area (Å²) < 4.78 is 0. The van der Waals surface area contributed by atoms with Crippen molar-refractivity contribution in [1.29, 1.82) is 0 Å². The minimum atomic E-state index is -1.04. The number of nitrogens with one attached hydrogen (secondary N) is 2. The van der Waals surface area contributed by atoms with E-state index in [9.17, 15) is 14.4 Å². The Morgan fingerprint density at radius 1 is 1.12 bits per heavy atom. The van der Waals surface area contributed by atoms with Crippen LogP contribution in [0.15, 0.2) is 0 Å². The SMILES string of the molecule is O=C(O)CNC(=O)CC1CCCN(C(=O)CCC2CCNCC2)C1. The molecule has 2 rings (SSSR count). The van der Waals surface area contributed by atoms with Crippen molar-refractivity contribution in [3.8, 4) is 0 Å². The van der Waals surface area contributed by atoms with E-state index in [2.05, 4.69) is 10.6 Å². The zero-order valence-corrected chi connectivity index (χ0v) is 14.3. The van der Waals surface area contributed by atoms with Crippen molar-refractivity contribution in [1.82, 2.24) is 15.5 Å². The maximum absolute atomic E-state index is 12.4. The standard InChI is InChI=1S/C17H29N3O4/c21-15(19-11-17(23)24)10-14-2-1-9-20(12-14)16(22)4-3-13-5-7-18-8-6-13/h13-14,18H,1-12H2,(H,19,21)(H,23,24). The van der Waals surface area contributed by atoms with E-state index >= 15 is 0 Å². The van der Waals surface area contributed by atoms with Gasteiger partial charge in [0, 0.05) is 25.9 Å². The largest absolute Gasteiger partial charge is 0.480 e. The number of hydrogen-bond acceptors (Lipinski definition) is 4. The molecule has 7 nitrogen and oxygen atoms in total. The molecule has 0 aromatic carbocycles. The van der Waals surface area contributed by atoms with Crippen molar-refractivity contribution in [3.63, 3.8) is 0 Å². The van der Waals surface area contributed by atoms with Gasteiger partial charge in [-0.3, -0.25) is 14.4 Å². The second-order valence-electron chi connectivity index (χ2n) is 6.95. The van der Waals surface area contributed by atoms with Gasteiger partial charge < -0.3 is 20.6 Å². The maximum Gasteiger partial charge on any atom is 0.322 e. The first kappa shape index (κ1) is 18.7. The fourth-order valence-electron chi connectivity index (χ4n) is 3.62. The molecule has 2 aliphatic heterocycles. The van der Waals surface area contributed by atoms with Gasteiger partial charge in [-0.15, -0.1) is 0 Å². The molecular weight excluding hydrogens is 310 g/mol. The quantitative estimate of drug-likeness (QED) is 0.631. The number of carboxylic acid groups (broad SMARTS) is 1. The normalized spacial score (nSPS) is 22.2. The number of carbonyl (C=O) groups is 3. The van der Waals surface area contributed by atoms with Crippen LogP contribution < -0.4 is 10.6 Å². The number of hydrogen-bond donors (Lipinski definition) is 3. The molecule has 2 fully saturated rings. The minimum absolute atomic E-state index is 0.135. The summed E-state index contributed by atoms with van der Waals surface area (Å²) in [6.45, 7) is 3.15. The molecule has 0 radical (unpaired) electrons. The van der Waals surface area contributed by atoms with Crippen LogP contribution >= 0.6 is 0 Å². The van der Waals surface area contributed by atoms with Gasteiger partial charge in [-0.25, -0.2) is 0 Å². The molecule has 3 N–H and O–H groups in total. The molecule has 1 atom stereocenters. The van der Waals surface area contributed by atoms with E-state index in [1.54, 1.807) is 0 Å². The summed E-state index contributed by atoms with van der Waals surface area (Å²) in [5.41, 5.74) is 0. The fourth-order valence-corrected chi connectivity index (χ4v) is 3.62. The maximum atomic E-state index is 12.4. The summed E-state index contributed by atoms with van der Waals surface area (Å²) in [6, 6.07) is 0. The van der Waals surface area contributed by atoms with Crippen LogP contribution in [-0.2, 0) is 14.4 Å². The van der Waals surface area contributed by atoms with Crippen LogP contribution in [0.2, 0.25) is 0 Å². The first-order valence-corrected chi connectivity index (χ1v) is 9.01. The highest BCUT2D eigenvalue weighted by molar-refractivity contribution is 5.81. The lowest BCUT2D eigenvalue weighted by molar-refractivity contribution is -0.138. The lowest BCUT2D eigenvalue weighted by Crippen LogP contribution is -2.42. The number of amides is 2. The molecule has 2 amide bonds. The molecule has 0 bridgehead atoms. The number of carbonyl (C=O) groups excluding carboxylic acids is 2. The number of piperidine rings is 2. The summed E-state index contributed by atoms with van der Waals surface area (Å²) in [6.07, 6.45) is 5.99. The van der Waals surface area contributed by atoms with E-state index in [1.807, 2.05) is 4.90 Å². The molecule has 0 aromatic heterocycles. The van der Waals surface area contributed by atoms with Gasteiger partial charge in [-0.2, -0.15) is 0 Å². The van der Waals surface area contributed by atoms with Crippen molar-refractivity contribution >= 4 is 17.8 Å². The third-order valence-electron chi connectivity index (χ3n) is 5.01. The Bertz CT molecular complexity index is 449. The van der Waals surface area contributed by atoms with Gasteiger partial charge in [0.25, 0.3) is 0 Å². The second kappa shape index (κ2) is 9.61. The van der Waals surface area contributed by atoms with Crippen LogP contribution in [0.1, 0.15) is 44.9 Å². The van der Waals surface area contributed by atoms with E-state index in [-0.39, 0.29) is 24.3 Å². The smallest absolute Gasteiger partial charge is 0.322 e. The lowest BCUT2D eigenvalue weighted by Gasteiger charge is -2.33. The summed E-state index contributed by atoms with van der Waals surface area (Å²) in [4.78, 5) is 36.5. The Morgan fingerprint density at radius 2 is 1.88 bits per heavy atom. The van der Waals surface area contributed by atoms with Crippen molar-refractivity contribution in [3.05, 3.63) is 0 Å². The summed E-state index contributed by atoms with van der Waals surface area (Å²) >= 11 is 0. The third-order valence-corrected chi connectivity index (χ3v) is 5.01.